The van der Waals surface area contributed by atoms with Gasteiger partial charge in [0.25, 0.3) is 5.91 Å². The lowest BCUT2D eigenvalue weighted by Crippen LogP contribution is -2.29. The Morgan fingerprint density at radius 1 is 1.14 bits per heavy atom. The van der Waals surface area contributed by atoms with E-state index in [4.69, 9.17) is 4.74 Å². The van der Waals surface area contributed by atoms with Crippen LogP contribution in [0.25, 0.3) is 6.08 Å². The van der Waals surface area contributed by atoms with Gasteiger partial charge in [-0.25, -0.2) is 4.79 Å². The maximum Gasteiger partial charge on any atom is 0.331 e. The summed E-state index contributed by atoms with van der Waals surface area (Å²) >= 11 is 0. The highest BCUT2D eigenvalue weighted by Crippen LogP contribution is 2.10. The average Bonchev–Trinajstić information content (AvgIpc) is 3.16. The number of ether oxygens (including phenoxy) is 1. The van der Waals surface area contributed by atoms with Crippen molar-refractivity contribution < 1.29 is 14.3 Å². The summed E-state index contributed by atoms with van der Waals surface area (Å²) in [4.78, 5) is 24.2. The van der Waals surface area contributed by atoms with Gasteiger partial charge < -0.3 is 10.1 Å². The van der Waals surface area contributed by atoms with Gasteiger partial charge in [-0.15, -0.1) is 0 Å². The molecule has 0 saturated carbocycles. The Bertz CT molecular complexity index is 992. The summed E-state index contributed by atoms with van der Waals surface area (Å²) in [7, 11) is 0. The van der Waals surface area contributed by atoms with Crippen LogP contribution in [0.1, 0.15) is 23.6 Å². The third-order valence-electron chi connectivity index (χ3n) is 4.23. The maximum absolute atomic E-state index is 12.2. The molecule has 0 bridgehead atoms. The number of benzene rings is 2. The van der Waals surface area contributed by atoms with E-state index in [1.165, 1.54) is 13.0 Å². The van der Waals surface area contributed by atoms with Crippen LogP contribution in [-0.4, -0.2) is 27.8 Å². The molecule has 1 aromatic heterocycles. The van der Waals surface area contributed by atoms with Crippen LogP contribution in [0.5, 0.6) is 0 Å². The number of nitrogens with one attached hydrogen (secondary N) is 1. The Morgan fingerprint density at radius 3 is 2.59 bits per heavy atom. The third-order valence-corrected chi connectivity index (χ3v) is 4.23. The lowest BCUT2D eigenvalue weighted by Gasteiger charge is -2.12. The van der Waals surface area contributed by atoms with Crippen molar-refractivity contribution in [3.8, 4) is 0 Å². The van der Waals surface area contributed by atoms with Crippen molar-refractivity contribution in [3.63, 3.8) is 0 Å². The first-order chi connectivity index (χ1) is 14.0. The van der Waals surface area contributed by atoms with E-state index < -0.39 is 12.1 Å². The number of aryl methyl sites for hydroxylation is 1. The summed E-state index contributed by atoms with van der Waals surface area (Å²) in [6, 6.07) is 17.4. The molecule has 1 atom stereocenters. The topological polar surface area (TPSA) is 73.2 Å². The van der Waals surface area contributed by atoms with Gasteiger partial charge in [0, 0.05) is 23.5 Å². The van der Waals surface area contributed by atoms with Crippen LogP contribution in [0.4, 0.5) is 5.69 Å². The van der Waals surface area contributed by atoms with E-state index in [0.29, 0.717) is 12.2 Å². The van der Waals surface area contributed by atoms with Crippen LogP contribution in [0, 0.1) is 6.92 Å². The van der Waals surface area contributed by atoms with Crippen molar-refractivity contribution >= 4 is 23.6 Å². The van der Waals surface area contributed by atoms with E-state index in [9.17, 15) is 9.59 Å². The molecule has 0 fully saturated rings. The number of carbonyl (C=O) groups excluding carboxylic acids is 2. The SMILES string of the molecule is Cc1ccc(NC(=O)[C@@H](C)OC(=O)/C=C/c2cnn(Cc3ccccc3)c2)cc1. The normalized spacial score (nSPS) is 11.9. The van der Waals surface area contributed by atoms with Gasteiger partial charge in [-0.2, -0.15) is 5.10 Å². The Kier molecular flexibility index (Phi) is 6.58. The monoisotopic (exact) mass is 389 g/mol. The van der Waals surface area contributed by atoms with Crippen molar-refractivity contribution in [3.05, 3.63) is 89.8 Å². The van der Waals surface area contributed by atoms with Crippen LogP contribution < -0.4 is 5.32 Å². The highest BCUT2D eigenvalue weighted by Gasteiger charge is 2.16. The van der Waals surface area contributed by atoms with Crippen molar-refractivity contribution in [2.24, 2.45) is 0 Å². The van der Waals surface area contributed by atoms with Crippen LogP contribution >= 0.6 is 0 Å². The second-order valence-electron chi connectivity index (χ2n) is 6.72. The summed E-state index contributed by atoms with van der Waals surface area (Å²) in [6.07, 6.45) is 5.50. The highest BCUT2D eigenvalue weighted by atomic mass is 16.5. The van der Waals surface area contributed by atoms with Gasteiger partial charge in [-0.1, -0.05) is 48.0 Å². The molecule has 0 unspecified atom stereocenters. The molecule has 3 rings (SSSR count). The molecule has 0 radical (unpaired) electrons. The molecule has 0 aliphatic carbocycles. The van der Waals surface area contributed by atoms with Crippen molar-refractivity contribution in [1.29, 1.82) is 0 Å². The van der Waals surface area contributed by atoms with E-state index in [0.717, 1.165) is 16.7 Å². The van der Waals surface area contributed by atoms with Crippen LogP contribution in [0.3, 0.4) is 0 Å². The Hall–Kier alpha value is -3.67. The fourth-order valence-corrected chi connectivity index (χ4v) is 2.63. The molecule has 1 amide bonds. The fraction of sp³-hybridized carbons (Fsp3) is 0.174. The zero-order valence-corrected chi connectivity index (χ0v) is 16.4. The Labute approximate surface area is 169 Å². The number of aromatic nitrogens is 2. The van der Waals surface area contributed by atoms with Gasteiger partial charge in [0.05, 0.1) is 12.7 Å². The van der Waals surface area contributed by atoms with E-state index in [-0.39, 0.29) is 5.91 Å². The van der Waals surface area contributed by atoms with Gasteiger partial charge in [-0.3, -0.25) is 9.48 Å². The van der Waals surface area contributed by atoms with Crippen LogP contribution in [-0.2, 0) is 20.9 Å². The largest absolute Gasteiger partial charge is 0.449 e. The molecule has 3 aromatic rings. The molecule has 0 spiro atoms. The van der Waals surface area contributed by atoms with Crippen molar-refractivity contribution in [2.45, 2.75) is 26.5 Å². The highest BCUT2D eigenvalue weighted by molar-refractivity contribution is 5.96. The number of nitrogens with zero attached hydrogens (tertiary/aromatic N) is 2. The van der Waals surface area contributed by atoms with Gasteiger partial charge >= 0.3 is 5.97 Å². The maximum atomic E-state index is 12.2. The molecule has 0 saturated heterocycles. The van der Waals surface area contributed by atoms with E-state index in [2.05, 4.69) is 10.4 Å². The predicted octanol–water partition coefficient (Wildman–Crippen LogP) is 3.82. The number of hydrogen-bond donors (Lipinski definition) is 1. The van der Waals surface area contributed by atoms with Gasteiger partial charge in [0.15, 0.2) is 6.10 Å². The van der Waals surface area contributed by atoms with Crippen molar-refractivity contribution in [2.75, 3.05) is 5.32 Å². The van der Waals surface area contributed by atoms with Crippen LogP contribution in [0.15, 0.2) is 73.1 Å². The molecule has 1 heterocycles. The minimum absolute atomic E-state index is 0.383. The van der Waals surface area contributed by atoms with E-state index in [1.54, 1.807) is 29.1 Å². The molecular weight excluding hydrogens is 366 g/mol. The van der Waals surface area contributed by atoms with Crippen LogP contribution in [0.2, 0.25) is 0 Å². The first-order valence-electron chi connectivity index (χ1n) is 9.32. The first-order valence-corrected chi connectivity index (χ1v) is 9.32. The minimum Gasteiger partial charge on any atom is -0.449 e. The molecule has 6 nitrogen and oxygen atoms in total. The summed E-state index contributed by atoms with van der Waals surface area (Å²) in [5.74, 6) is -0.973. The summed E-state index contributed by atoms with van der Waals surface area (Å²) in [6.45, 7) is 4.15. The number of hydrogen-bond acceptors (Lipinski definition) is 4. The molecule has 1 N–H and O–H groups in total. The summed E-state index contributed by atoms with van der Waals surface area (Å²) < 4.78 is 6.96. The number of anilines is 1. The number of amides is 1. The molecule has 0 aliphatic rings. The average molecular weight is 389 g/mol. The van der Waals surface area contributed by atoms with E-state index in [1.807, 2.05) is 55.6 Å². The Morgan fingerprint density at radius 2 is 1.86 bits per heavy atom. The zero-order chi connectivity index (χ0) is 20.6. The lowest BCUT2D eigenvalue weighted by atomic mass is 10.2. The van der Waals surface area contributed by atoms with Crippen molar-refractivity contribution in [1.82, 2.24) is 9.78 Å². The minimum atomic E-state index is -0.908. The molecule has 148 valence electrons. The molecule has 2 aromatic carbocycles. The first kappa shape index (κ1) is 20.1. The van der Waals surface area contributed by atoms with E-state index >= 15 is 0 Å². The van der Waals surface area contributed by atoms with Gasteiger partial charge in [-0.05, 0) is 37.6 Å². The number of rotatable bonds is 7. The summed E-state index contributed by atoms with van der Waals surface area (Å²) in [5, 5.41) is 7.00. The van der Waals surface area contributed by atoms with Gasteiger partial charge in [0.1, 0.15) is 0 Å². The van der Waals surface area contributed by atoms with Gasteiger partial charge in [0.2, 0.25) is 0 Å². The fourth-order valence-electron chi connectivity index (χ4n) is 2.63. The second kappa shape index (κ2) is 9.50. The molecular formula is C23H23N3O3. The lowest BCUT2D eigenvalue weighted by molar-refractivity contribution is -0.148. The number of esters is 1. The number of carbonyl (C=O) groups is 2. The quantitative estimate of drug-likeness (QED) is 0.492. The molecule has 6 heteroatoms. The second-order valence-corrected chi connectivity index (χ2v) is 6.72. The standard InChI is InChI=1S/C23H23N3O3/c1-17-8-11-21(12-9-17)25-23(28)18(2)29-22(27)13-10-20-14-24-26(16-20)15-19-6-4-3-5-7-19/h3-14,16,18H,15H2,1-2H3,(H,25,28)/b13-10+/t18-/m1/s1. The molecule has 29 heavy (non-hydrogen) atoms. The molecule has 0 aliphatic heterocycles. The Balaban J connectivity index is 1.50. The third kappa shape index (κ3) is 6.17. The predicted molar refractivity (Wildman–Crippen MR) is 112 cm³/mol. The zero-order valence-electron chi connectivity index (χ0n) is 16.4. The summed E-state index contributed by atoms with van der Waals surface area (Å²) in [5.41, 5.74) is 3.66. The smallest absolute Gasteiger partial charge is 0.331 e.